The van der Waals surface area contributed by atoms with E-state index < -0.39 is 0 Å². The van der Waals surface area contributed by atoms with Gasteiger partial charge in [0.15, 0.2) is 5.89 Å². The Bertz CT molecular complexity index is 324. The van der Waals surface area contributed by atoms with Gasteiger partial charge in [-0.25, -0.2) is 4.98 Å². The van der Waals surface area contributed by atoms with Crippen molar-refractivity contribution in [3.8, 4) is 0 Å². The number of nitrogens with two attached hydrogens (primary N) is 1. The molecule has 1 atom stereocenters. The van der Waals surface area contributed by atoms with E-state index in [-0.39, 0.29) is 0 Å². The number of aromatic nitrogens is 1. The fourth-order valence-corrected chi connectivity index (χ4v) is 2.39. The second kappa shape index (κ2) is 5.46. The molecule has 2 heterocycles. The Balaban J connectivity index is 1.87. The third-order valence-electron chi connectivity index (χ3n) is 3.18. The van der Waals surface area contributed by atoms with Crippen LogP contribution in [0.25, 0.3) is 0 Å². The van der Waals surface area contributed by atoms with Crippen LogP contribution in [-0.2, 0) is 12.8 Å². The maximum atomic E-state index is 5.65. The molecule has 2 rings (SSSR count). The van der Waals surface area contributed by atoms with Crippen molar-refractivity contribution in [3.63, 3.8) is 0 Å². The van der Waals surface area contributed by atoms with E-state index in [0.717, 1.165) is 31.0 Å². The van der Waals surface area contributed by atoms with Crippen LogP contribution in [0.4, 0.5) is 0 Å². The zero-order chi connectivity index (χ0) is 11.4. The first kappa shape index (κ1) is 11.6. The first-order chi connectivity index (χ1) is 7.78. The molecule has 2 N–H and O–H groups in total. The van der Waals surface area contributed by atoms with Gasteiger partial charge in [-0.1, -0.05) is 0 Å². The highest BCUT2D eigenvalue weighted by Gasteiger charge is 2.19. The standard InChI is InChI=1S/C12H21N3O/c1-15-6-2-3-10(9-15)7-12-14-8-11(16-12)4-5-13/h8,10H,2-7,9,13H2,1H3. The van der Waals surface area contributed by atoms with Gasteiger partial charge in [0.1, 0.15) is 5.76 Å². The molecule has 1 aromatic rings. The Hall–Kier alpha value is -0.870. The average Bonchev–Trinajstić information content (AvgIpc) is 2.66. The summed E-state index contributed by atoms with van der Waals surface area (Å²) in [5, 5.41) is 0. The molecule has 1 aliphatic heterocycles. The zero-order valence-electron chi connectivity index (χ0n) is 9.98. The second-order valence-corrected chi connectivity index (χ2v) is 4.73. The summed E-state index contributed by atoms with van der Waals surface area (Å²) in [6.07, 6.45) is 6.15. The maximum absolute atomic E-state index is 5.65. The van der Waals surface area contributed by atoms with Crippen LogP contribution in [0.2, 0.25) is 0 Å². The molecule has 0 aliphatic carbocycles. The van der Waals surface area contributed by atoms with Crippen LogP contribution in [-0.4, -0.2) is 36.6 Å². The van der Waals surface area contributed by atoms with Crippen molar-refractivity contribution < 1.29 is 4.42 Å². The van der Waals surface area contributed by atoms with Gasteiger partial charge >= 0.3 is 0 Å². The molecule has 0 aromatic carbocycles. The molecule has 1 aliphatic rings. The number of rotatable bonds is 4. The van der Waals surface area contributed by atoms with Crippen LogP contribution in [0.1, 0.15) is 24.5 Å². The number of nitrogens with zero attached hydrogens (tertiary/aromatic N) is 2. The smallest absolute Gasteiger partial charge is 0.194 e. The summed E-state index contributed by atoms with van der Waals surface area (Å²) < 4.78 is 5.65. The summed E-state index contributed by atoms with van der Waals surface area (Å²) in [6, 6.07) is 0. The molecule has 0 spiro atoms. The Morgan fingerprint density at radius 2 is 2.50 bits per heavy atom. The summed E-state index contributed by atoms with van der Waals surface area (Å²) in [4.78, 5) is 6.70. The van der Waals surface area contributed by atoms with Gasteiger partial charge in [0.05, 0.1) is 6.20 Å². The molecule has 16 heavy (non-hydrogen) atoms. The van der Waals surface area contributed by atoms with Crippen LogP contribution in [0.3, 0.4) is 0 Å². The van der Waals surface area contributed by atoms with Crippen molar-refractivity contribution >= 4 is 0 Å². The van der Waals surface area contributed by atoms with Crippen LogP contribution in [0, 0.1) is 5.92 Å². The Morgan fingerprint density at radius 1 is 1.62 bits per heavy atom. The van der Waals surface area contributed by atoms with Crippen LogP contribution >= 0.6 is 0 Å². The minimum Gasteiger partial charge on any atom is -0.446 e. The van der Waals surface area contributed by atoms with E-state index >= 15 is 0 Å². The van der Waals surface area contributed by atoms with E-state index in [1.807, 2.05) is 6.20 Å². The molecular weight excluding hydrogens is 202 g/mol. The van der Waals surface area contributed by atoms with E-state index in [9.17, 15) is 0 Å². The molecule has 1 fully saturated rings. The first-order valence-corrected chi connectivity index (χ1v) is 6.10. The zero-order valence-corrected chi connectivity index (χ0v) is 9.98. The lowest BCUT2D eigenvalue weighted by atomic mass is 9.95. The fourth-order valence-electron chi connectivity index (χ4n) is 2.39. The van der Waals surface area contributed by atoms with Gasteiger partial charge in [0.25, 0.3) is 0 Å². The van der Waals surface area contributed by atoms with Gasteiger partial charge in [-0.2, -0.15) is 0 Å². The molecule has 0 saturated carbocycles. The fraction of sp³-hybridized carbons (Fsp3) is 0.750. The minimum absolute atomic E-state index is 0.626. The van der Waals surface area contributed by atoms with E-state index in [2.05, 4.69) is 16.9 Å². The van der Waals surface area contributed by atoms with Crippen LogP contribution in [0.15, 0.2) is 10.6 Å². The van der Waals surface area contributed by atoms with Gasteiger partial charge in [-0.05, 0) is 38.9 Å². The van der Waals surface area contributed by atoms with Gasteiger partial charge in [-0.15, -0.1) is 0 Å². The summed E-state index contributed by atoms with van der Waals surface area (Å²) >= 11 is 0. The van der Waals surface area contributed by atoms with Crippen molar-refractivity contribution in [2.24, 2.45) is 11.7 Å². The van der Waals surface area contributed by atoms with Gasteiger partial charge in [0.2, 0.25) is 0 Å². The summed E-state index contributed by atoms with van der Waals surface area (Å²) in [5.41, 5.74) is 5.48. The largest absolute Gasteiger partial charge is 0.446 e. The predicted molar refractivity (Wildman–Crippen MR) is 63.2 cm³/mol. The van der Waals surface area contributed by atoms with Crippen molar-refractivity contribution in [3.05, 3.63) is 17.8 Å². The van der Waals surface area contributed by atoms with Crippen LogP contribution < -0.4 is 5.73 Å². The van der Waals surface area contributed by atoms with Crippen molar-refractivity contribution in [2.45, 2.75) is 25.7 Å². The Morgan fingerprint density at radius 3 is 3.25 bits per heavy atom. The average molecular weight is 223 g/mol. The van der Waals surface area contributed by atoms with E-state index in [1.54, 1.807) is 0 Å². The lowest BCUT2D eigenvalue weighted by Gasteiger charge is -2.28. The van der Waals surface area contributed by atoms with Crippen LogP contribution in [0.5, 0.6) is 0 Å². The number of hydrogen-bond acceptors (Lipinski definition) is 4. The molecule has 1 saturated heterocycles. The quantitative estimate of drug-likeness (QED) is 0.829. The lowest BCUT2D eigenvalue weighted by molar-refractivity contribution is 0.201. The highest BCUT2D eigenvalue weighted by Crippen LogP contribution is 2.19. The molecular formula is C12H21N3O. The lowest BCUT2D eigenvalue weighted by Crippen LogP contribution is -2.33. The molecule has 0 radical (unpaired) electrons. The summed E-state index contributed by atoms with van der Waals surface area (Å²) in [6.45, 7) is 3.01. The molecule has 1 aromatic heterocycles. The summed E-state index contributed by atoms with van der Waals surface area (Å²) in [5.74, 6) is 2.49. The van der Waals surface area contributed by atoms with Crippen molar-refractivity contribution in [1.29, 1.82) is 0 Å². The monoisotopic (exact) mass is 223 g/mol. The third-order valence-corrected chi connectivity index (χ3v) is 3.18. The van der Waals surface area contributed by atoms with Crippen molar-refractivity contribution in [2.75, 3.05) is 26.7 Å². The minimum atomic E-state index is 0.626. The first-order valence-electron chi connectivity index (χ1n) is 6.10. The number of piperidine rings is 1. The normalized spacial score (nSPS) is 22.5. The Labute approximate surface area is 96.8 Å². The van der Waals surface area contributed by atoms with Gasteiger partial charge in [-0.3, -0.25) is 0 Å². The summed E-state index contributed by atoms with van der Waals surface area (Å²) in [7, 11) is 2.18. The second-order valence-electron chi connectivity index (χ2n) is 4.73. The molecule has 1 unspecified atom stereocenters. The van der Waals surface area contributed by atoms with Gasteiger partial charge in [0, 0.05) is 19.4 Å². The van der Waals surface area contributed by atoms with Gasteiger partial charge < -0.3 is 15.1 Å². The van der Waals surface area contributed by atoms with Crippen molar-refractivity contribution in [1.82, 2.24) is 9.88 Å². The molecule has 4 heteroatoms. The third kappa shape index (κ3) is 3.06. The number of oxazole rings is 1. The highest BCUT2D eigenvalue weighted by molar-refractivity contribution is 4.96. The number of hydrogen-bond donors (Lipinski definition) is 1. The van der Waals surface area contributed by atoms with E-state index in [0.29, 0.717) is 12.5 Å². The predicted octanol–water partition coefficient (Wildman–Crippen LogP) is 1.06. The SMILES string of the molecule is CN1CCCC(Cc2ncc(CCN)o2)C1. The highest BCUT2D eigenvalue weighted by atomic mass is 16.4. The van der Waals surface area contributed by atoms with E-state index in [1.165, 1.54) is 19.4 Å². The number of likely N-dealkylation sites (tertiary alicyclic amines) is 1. The topological polar surface area (TPSA) is 55.3 Å². The molecule has 90 valence electrons. The molecule has 4 nitrogen and oxygen atoms in total. The Kier molecular flexibility index (Phi) is 3.96. The molecule has 0 bridgehead atoms. The maximum Gasteiger partial charge on any atom is 0.194 e. The van der Waals surface area contributed by atoms with E-state index in [4.69, 9.17) is 10.2 Å². The molecule has 0 amide bonds.